The number of ether oxygens (including phenoxy) is 1. The molecule has 0 heterocycles. The average molecular weight is 431 g/mol. The molecule has 3 saturated carbocycles. The van der Waals surface area contributed by atoms with Crippen LogP contribution in [0.4, 0.5) is 0 Å². The lowest BCUT2D eigenvalue weighted by Crippen LogP contribution is -2.51. The predicted octanol–water partition coefficient (Wildman–Crippen LogP) is 7.41. The summed E-state index contributed by atoms with van der Waals surface area (Å²) in [4.78, 5) is 0. The van der Waals surface area contributed by atoms with Crippen LogP contribution < -0.4 is 0 Å². The van der Waals surface area contributed by atoms with Crippen LogP contribution >= 0.6 is 0 Å². The monoisotopic (exact) mass is 430 g/mol. The summed E-state index contributed by atoms with van der Waals surface area (Å²) in [6.45, 7) is 13.3. The van der Waals surface area contributed by atoms with Crippen LogP contribution in [0, 0.1) is 46.3 Å². The van der Waals surface area contributed by atoms with Gasteiger partial charge >= 0.3 is 0 Å². The lowest BCUT2D eigenvalue weighted by atomic mass is 9.47. The maximum Gasteiger partial charge on any atom is 0.0701 e. The number of fused-ring (bicyclic) bond motifs is 5. The van der Waals surface area contributed by atoms with Crippen LogP contribution in [-0.4, -0.2) is 24.4 Å². The minimum absolute atomic E-state index is 0.148. The Hall–Kier alpha value is -0.340. The zero-order valence-corrected chi connectivity index (χ0v) is 21.2. The molecule has 0 amide bonds. The molecular weight excluding hydrogens is 380 g/mol. The van der Waals surface area contributed by atoms with E-state index >= 15 is 0 Å². The second-order valence-electron chi connectivity index (χ2n) is 12.7. The van der Waals surface area contributed by atoms with Crippen LogP contribution in [0.3, 0.4) is 0 Å². The van der Waals surface area contributed by atoms with Crippen LogP contribution in [0.1, 0.15) is 105 Å². The normalized spacial score (nSPS) is 43.2. The SMILES string of the molecule is CC(C)CCC[C@@H](C)C1CC[C@H]2C3CC=C4CC(OCCO)CCC4(C)[C@H]3CCC12C. The Balaban J connectivity index is 1.45. The summed E-state index contributed by atoms with van der Waals surface area (Å²) in [5.41, 5.74) is 2.69. The number of aliphatic hydroxyl groups is 1. The zero-order chi connectivity index (χ0) is 22.2. The molecule has 8 atom stereocenters. The summed E-state index contributed by atoms with van der Waals surface area (Å²) >= 11 is 0. The molecule has 0 radical (unpaired) electrons. The third-order valence-electron chi connectivity index (χ3n) is 10.7. The summed E-state index contributed by atoms with van der Waals surface area (Å²) in [6.07, 6.45) is 18.0. The number of aliphatic hydroxyl groups excluding tert-OH is 1. The van der Waals surface area contributed by atoms with Gasteiger partial charge in [-0.15, -0.1) is 0 Å². The molecule has 4 rings (SSSR count). The van der Waals surface area contributed by atoms with E-state index in [1.807, 2.05) is 0 Å². The van der Waals surface area contributed by atoms with E-state index in [0.717, 1.165) is 41.9 Å². The van der Waals surface area contributed by atoms with E-state index < -0.39 is 0 Å². The van der Waals surface area contributed by atoms with Crippen LogP contribution in [0.2, 0.25) is 0 Å². The fourth-order valence-corrected chi connectivity index (χ4v) is 9.01. The summed E-state index contributed by atoms with van der Waals surface area (Å²) in [5, 5.41) is 9.14. The molecule has 4 aliphatic carbocycles. The number of hydrogen-bond donors (Lipinski definition) is 1. The van der Waals surface area contributed by atoms with Crippen molar-refractivity contribution >= 4 is 0 Å². The molecule has 178 valence electrons. The Morgan fingerprint density at radius 1 is 1.03 bits per heavy atom. The standard InChI is InChI=1S/C29H50O2/c1-20(2)7-6-8-21(3)25-11-12-26-24-10-9-22-19-23(31-18-17-30)13-15-28(22,4)27(24)14-16-29(25,26)5/h9,20-21,23-27,30H,6-8,10-19H2,1-5H3/t21-,23?,24?,25?,26+,27+,28?,29?/m1/s1. The second-order valence-corrected chi connectivity index (χ2v) is 12.7. The Morgan fingerprint density at radius 2 is 1.84 bits per heavy atom. The maximum atomic E-state index is 9.14. The Kier molecular flexibility index (Phi) is 7.29. The van der Waals surface area contributed by atoms with Gasteiger partial charge in [0.05, 0.1) is 19.3 Å². The summed E-state index contributed by atoms with van der Waals surface area (Å²) in [7, 11) is 0. The van der Waals surface area contributed by atoms with E-state index in [1.165, 1.54) is 64.2 Å². The first kappa shape index (κ1) is 23.8. The molecule has 0 spiro atoms. The minimum Gasteiger partial charge on any atom is -0.394 e. The van der Waals surface area contributed by atoms with Gasteiger partial charge in [0.2, 0.25) is 0 Å². The first-order valence-corrected chi connectivity index (χ1v) is 13.7. The predicted molar refractivity (Wildman–Crippen MR) is 130 cm³/mol. The van der Waals surface area contributed by atoms with Crippen LogP contribution in [-0.2, 0) is 4.74 Å². The second kappa shape index (κ2) is 9.49. The minimum atomic E-state index is 0.148. The number of hydrogen-bond acceptors (Lipinski definition) is 2. The van der Waals surface area contributed by atoms with Crippen molar-refractivity contribution in [2.75, 3.05) is 13.2 Å². The van der Waals surface area contributed by atoms with Crippen LogP contribution in [0.15, 0.2) is 11.6 Å². The third-order valence-corrected chi connectivity index (χ3v) is 10.7. The summed E-state index contributed by atoms with van der Waals surface area (Å²) < 4.78 is 5.94. The Labute approximate surface area is 192 Å². The fraction of sp³-hybridized carbons (Fsp3) is 0.931. The Morgan fingerprint density at radius 3 is 2.58 bits per heavy atom. The van der Waals surface area contributed by atoms with Crippen molar-refractivity contribution in [1.82, 2.24) is 0 Å². The van der Waals surface area contributed by atoms with Gasteiger partial charge in [-0.1, -0.05) is 65.5 Å². The van der Waals surface area contributed by atoms with E-state index in [-0.39, 0.29) is 6.61 Å². The van der Waals surface area contributed by atoms with Gasteiger partial charge in [-0.3, -0.25) is 0 Å². The van der Waals surface area contributed by atoms with Gasteiger partial charge in [-0.05, 0) is 97.7 Å². The lowest BCUT2D eigenvalue weighted by Gasteiger charge is -2.58. The smallest absolute Gasteiger partial charge is 0.0701 e. The van der Waals surface area contributed by atoms with Crippen molar-refractivity contribution in [1.29, 1.82) is 0 Å². The molecule has 2 heteroatoms. The Bertz CT molecular complexity index is 639. The van der Waals surface area contributed by atoms with Gasteiger partial charge in [0.1, 0.15) is 0 Å². The molecule has 4 aliphatic rings. The van der Waals surface area contributed by atoms with Crippen molar-refractivity contribution in [3.63, 3.8) is 0 Å². The zero-order valence-electron chi connectivity index (χ0n) is 21.2. The highest BCUT2D eigenvalue weighted by atomic mass is 16.5. The molecule has 0 bridgehead atoms. The highest BCUT2D eigenvalue weighted by molar-refractivity contribution is 5.25. The molecule has 0 aromatic rings. The largest absolute Gasteiger partial charge is 0.394 e. The molecule has 0 aromatic heterocycles. The first-order chi connectivity index (χ1) is 14.8. The van der Waals surface area contributed by atoms with Crippen LogP contribution in [0.5, 0.6) is 0 Å². The quantitative estimate of drug-likeness (QED) is 0.406. The van der Waals surface area contributed by atoms with Gasteiger partial charge in [0.25, 0.3) is 0 Å². The molecule has 31 heavy (non-hydrogen) atoms. The fourth-order valence-electron chi connectivity index (χ4n) is 9.01. The van der Waals surface area contributed by atoms with Crippen LogP contribution in [0.25, 0.3) is 0 Å². The van der Waals surface area contributed by atoms with E-state index in [0.29, 0.717) is 23.5 Å². The lowest BCUT2D eigenvalue weighted by molar-refractivity contribution is -0.0658. The van der Waals surface area contributed by atoms with Gasteiger partial charge in [0.15, 0.2) is 0 Å². The molecule has 5 unspecified atom stereocenters. The summed E-state index contributed by atoms with van der Waals surface area (Å²) in [5.74, 6) is 5.44. The molecule has 0 saturated heterocycles. The van der Waals surface area contributed by atoms with Crippen molar-refractivity contribution < 1.29 is 9.84 Å². The van der Waals surface area contributed by atoms with Crippen molar-refractivity contribution in [3.8, 4) is 0 Å². The van der Waals surface area contributed by atoms with Gasteiger partial charge < -0.3 is 9.84 Å². The molecule has 1 N–H and O–H groups in total. The maximum absolute atomic E-state index is 9.14. The third kappa shape index (κ3) is 4.42. The average Bonchev–Trinajstić information content (AvgIpc) is 3.09. The molecular formula is C29H50O2. The van der Waals surface area contributed by atoms with Crippen molar-refractivity contribution in [2.24, 2.45) is 46.3 Å². The molecule has 0 aliphatic heterocycles. The first-order valence-electron chi connectivity index (χ1n) is 13.7. The van der Waals surface area contributed by atoms with E-state index in [9.17, 15) is 0 Å². The van der Waals surface area contributed by atoms with Crippen molar-refractivity contribution in [2.45, 2.75) is 111 Å². The van der Waals surface area contributed by atoms with Gasteiger partial charge in [-0.25, -0.2) is 0 Å². The summed E-state index contributed by atoms with van der Waals surface area (Å²) in [6, 6.07) is 0. The molecule has 2 nitrogen and oxygen atoms in total. The van der Waals surface area contributed by atoms with Gasteiger partial charge in [-0.2, -0.15) is 0 Å². The number of allylic oxidation sites excluding steroid dienone is 1. The highest BCUT2D eigenvalue weighted by Crippen LogP contribution is 2.67. The van der Waals surface area contributed by atoms with Gasteiger partial charge in [0, 0.05) is 0 Å². The van der Waals surface area contributed by atoms with E-state index in [1.54, 1.807) is 5.57 Å². The van der Waals surface area contributed by atoms with E-state index in [4.69, 9.17) is 9.84 Å². The van der Waals surface area contributed by atoms with E-state index in [2.05, 4.69) is 40.7 Å². The molecule has 3 fully saturated rings. The van der Waals surface area contributed by atoms with Crippen molar-refractivity contribution in [3.05, 3.63) is 11.6 Å². The molecule has 0 aromatic carbocycles. The topological polar surface area (TPSA) is 29.5 Å². The highest BCUT2D eigenvalue weighted by Gasteiger charge is 2.59. The number of rotatable bonds is 8.